The summed E-state index contributed by atoms with van der Waals surface area (Å²) in [6.45, 7) is 1.93. The van der Waals surface area contributed by atoms with Gasteiger partial charge in [-0.05, 0) is 40.5 Å². The van der Waals surface area contributed by atoms with E-state index in [2.05, 4.69) is 43.0 Å². The Morgan fingerprint density at radius 1 is 1.00 bits per heavy atom. The fourth-order valence-corrected chi connectivity index (χ4v) is 2.49. The quantitative estimate of drug-likeness (QED) is 0.653. The molecule has 2 aromatic heterocycles. The van der Waals surface area contributed by atoms with Gasteiger partial charge in [-0.2, -0.15) is 4.98 Å². The van der Waals surface area contributed by atoms with Gasteiger partial charge in [0.15, 0.2) is 5.75 Å². The van der Waals surface area contributed by atoms with E-state index >= 15 is 0 Å². The van der Waals surface area contributed by atoms with Crippen molar-refractivity contribution in [2.75, 3.05) is 0 Å². The zero-order valence-electron chi connectivity index (χ0n) is 12.0. The molecule has 0 aliphatic rings. The van der Waals surface area contributed by atoms with Crippen molar-refractivity contribution in [2.24, 2.45) is 0 Å². The number of nitrogens with zero attached hydrogens (tertiary/aromatic N) is 3. The highest BCUT2D eigenvalue weighted by Gasteiger charge is 2.07. The number of halogens is 1. The summed E-state index contributed by atoms with van der Waals surface area (Å²) in [5.41, 5.74) is 2.09. The largest absolute Gasteiger partial charge is 0.436 e. The minimum atomic E-state index is 0.507. The first-order valence-electron chi connectivity index (χ1n) is 6.87. The molecular weight excluding hydrogens is 342 g/mol. The summed E-state index contributed by atoms with van der Waals surface area (Å²) in [7, 11) is 0. The van der Waals surface area contributed by atoms with Gasteiger partial charge in [0.25, 0.3) is 0 Å². The van der Waals surface area contributed by atoms with Crippen molar-refractivity contribution >= 4 is 15.9 Å². The molecule has 0 unspecified atom stereocenters. The van der Waals surface area contributed by atoms with Crippen molar-refractivity contribution in [3.63, 3.8) is 0 Å². The second-order valence-corrected chi connectivity index (χ2v) is 5.57. The lowest BCUT2D eigenvalue weighted by Gasteiger charge is -2.08. The van der Waals surface area contributed by atoms with E-state index in [4.69, 9.17) is 4.74 Å². The molecule has 0 saturated carbocycles. The number of rotatable bonds is 4. The maximum absolute atomic E-state index is 5.78. The van der Waals surface area contributed by atoms with Crippen LogP contribution in [0.5, 0.6) is 11.6 Å². The molecule has 0 aliphatic heterocycles. The third kappa shape index (κ3) is 3.68. The molecule has 5 heteroatoms. The van der Waals surface area contributed by atoms with Crippen molar-refractivity contribution in [2.45, 2.75) is 13.3 Å². The van der Waals surface area contributed by atoms with Crippen molar-refractivity contribution in [3.05, 3.63) is 76.4 Å². The van der Waals surface area contributed by atoms with Crippen molar-refractivity contribution in [1.82, 2.24) is 15.0 Å². The fourth-order valence-electron chi connectivity index (χ4n) is 2.00. The Morgan fingerprint density at radius 3 is 2.59 bits per heavy atom. The zero-order valence-corrected chi connectivity index (χ0v) is 13.6. The number of hydrogen-bond donors (Lipinski definition) is 0. The van der Waals surface area contributed by atoms with E-state index in [1.807, 2.05) is 37.3 Å². The van der Waals surface area contributed by atoms with E-state index in [0.717, 1.165) is 17.1 Å². The molecule has 1 aromatic carbocycles. The molecule has 0 saturated heterocycles. The Labute approximate surface area is 137 Å². The molecule has 0 aliphatic carbocycles. The SMILES string of the molecule is Cc1ccc(Oc2ccnc(Cc3ccccc3)n2)c(Br)n1. The van der Waals surface area contributed by atoms with Gasteiger partial charge in [0, 0.05) is 24.4 Å². The van der Waals surface area contributed by atoms with E-state index in [0.29, 0.717) is 22.7 Å². The van der Waals surface area contributed by atoms with E-state index in [1.165, 1.54) is 0 Å². The number of pyridine rings is 1. The molecule has 0 N–H and O–H groups in total. The van der Waals surface area contributed by atoms with Crippen LogP contribution in [0.3, 0.4) is 0 Å². The highest BCUT2D eigenvalue weighted by molar-refractivity contribution is 9.10. The summed E-state index contributed by atoms with van der Waals surface area (Å²) < 4.78 is 6.44. The number of hydrogen-bond acceptors (Lipinski definition) is 4. The number of benzene rings is 1. The van der Waals surface area contributed by atoms with Gasteiger partial charge < -0.3 is 4.74 Å². The average Bonchev–Trinajstić information content (AvgIpc) is 2.52. The number of aromatic nitrogens is 3. The van der Waals surface area contributed by atoms with Crippen LogP contribution in [0, 0.1) is 6.92 Å². The van der Waals surface area contributed by atoms with Crippen molar-refractivity contribution in [3.8, 4) is 11.6 Å². The summed E-state index contributed by atoms with van der Waals surface area (Å²) >= 11 is 3.40. The monoisotopic (exact) mass is 355 g/mol. The van der Waals surface area contributed by atoms with Crippen LogP contribution in [0.4, 0.5) is 0 Å². The predicted octanol–water partition coefficient (Wildman–Crippen LogP) is 4.33. The van der Waals surface area contributed by atoms with Crippen LogP contribution in [0.1, 0.15) is 17.1 Å². The lowest BCUT2D eigenvalue weighted by atomic mass is 10.1. The number of ether oxygens (including phenoxy) is 1. The van der Waals surface area contributed by atoms with Crippen LogP contribution in [0.2, 0.25) is 0 Å². The van der Waals surface area contributed by atoms with E-state index in [9.17, 15) is 0 Å². The van der Waals surface area contributed by atoms with Crippen LogP contribution in [-0.4, -0.2) is 15.0 Å². The van der Waals surface area contributed by atoms with Gasteiger partial charge >= 0.3 is 0 Å². The number of aryl methyl sites for hydroxylation is 1. The van der Waals surface area contributed by atoms with Crippen LogP contribution in [0.15, 0.2) is 59.3 Å². The first-order chi connectivity index (χ1) is 10.7. The molecule has 0 atom stereocenters. The highest BCUT2D eigenvalue weighted by Crippen LogP contribution is 2.27. The first kappa shape index (κ1) is 14.7. The summed E-state index contributed by atoms with van der Waals surface area (Å²) in [5, 5.41) is 0. The molecule has 3 aromatic rings. The maximum atomic E-state index is 5.78. The van der Waals surface area contributed by atoms with E-state index in [1.54, 1.807) is 12.3 Å². The molecule has 3 rings (SSSR count). The molecule has 0 spiro atoms. The first-order valence-corrected chi connectivity index (χ1v) is 7.67. The molecule has 0 fully saturated rings. The smallest absolute Gasteiger partial charge is 0.222 e. The molecule has 110 valence electrons. The van der Waals surface area contributed by atoms with Crippen LogP contribution < -0.4 is 4.74 Å². The Hall–Kier alpha value is -2.27. The van der Waals surface area contributed by atoms with E-state index in [-0.39, 0.29) is 0 Å². The minimum absolute atomic E-state index is 0.507. The normalized spacial score (nSPS) is 10.5. The summed E-state index contributed by atoms with van der Waals surface area (Å²) in [5.74, 6) is 1.86. The van der Waals surface area contributed by atoms with Gasteiger partial charge in [-0.1, -0.05) is 30.3 Å². The van der Waals surface area contributed by atoms with Crippen molar-refractivity contribution in [1.29, 1.82) is 0 Å². The molecule has 0 amide bonds. The topological polar surface area (TPSA) is 47.9 Å². The Morgan fingerprint density at radius 2 is 1.82 bits per heavy atom. The van der Waals surface area contributed by atoms with Gasteiger partial charge in [-0.3, -0.25) is 0 Å². The summed E-state index contributed by atoms with van der Waals surface area (Å²) in [6.07, 6.45) is 2.38. The van der Waals surface area contributed by atoms with Gasteiger partial charge in [0.1, 0.15) is 10.4 Å². The molecule has 0 radical (unpaired) electrons. The molecular formula is C17H14BrN3O. The Bertz CT molecular complexity index is 778. The van der Waals surface area contributed by atoms with E-state index < -0.39 is 0 Å². The van der Waals surface area contributed by atoms with Gasteiger partial charge in [0.2, 0.25) is 5.88 Å². The molecule has 2 heterocycles. The van der Waals surface area contributed by atoms with Gasteiger partial charge in [-0.25, -0.2) is 9.97 Å². The molecule has 4 nitrogen and oxygen atoms in total. The third-order valence-corrected chi connectivity index (χ3v) is 3.62. The van der Waals surface area contributed by atoms with Gasteiger partial charge in [0.05, 0.1) is 0 Å². The summed E-state index contributed by atoms with van der Waals surface area (Å²) in [4.78, 5) is 13.0. The third-order valence-electron chi connectivity index (χ3n) is 3.05. The molecule has 0 bridgehead atoms. The Balaban J connectivity index is 1.79. The van der Waals surface area contributed by atoms with Gasteiger partial charge in [-0.15, -0.1) is 0 Å². The predicted molar refractivity (Wildman–Crippen MR) is 88.0 cm³/mol. The standard InChI is InChI=1S/C17H14BrN3O/c1-12-7-8-14(17(18)20-12)22-16-9-10-19-15(21-16)11-13-5-3-2-4-6-13/h2-10H,11H2,1H3. The van der Waals surface area contributed by atoms with Crippen LogP contribution in [-0.2, 0) is 6.42 Å². The second kappa shape index (κ2) is 6.66. The molecule has 22 heavy (non-hydrogen) atoms. The van der Waals surface area contributed by atoms with Crippen LogP contribution >= 0.6 is 15.9 Å². The maximum Gasteiger partial charge on any atom is 0.222 e. The average molecular weight is 356 g/mol. The van der Waals surface area contributed by atoms with Crippen LogP contribution in [0.25, 0.3) is 0 Å². The second-order valence-electron chi connectivity index (χ2n) is 4.82. The lowest BCUT2D eigenvalue weighted by molar-refractivity contribution is 0.453. The van der Waals surface area contributed by atoms with Crippen molar-refractivity contribution < 1.29 is 4.74 Å². The Kier molecular flexibility index (Phi) is 4.44. The lowest BCUT2D eigenvalue weighted by Crippen LogP contribution is -1.98. The fraction of sp³-hybridized carbons (Fsp3) is 0.118. The zero-order chi connectivity index (χ0) is 15.4. The summed E-state index contributed by atoms with van der Waals surface area (Å²) in [6, 6.07) is 15.6. The minimum Gasteiger partial charge on any atom is -0.436 e. The highest BCUT2D eigenvalue weighted by atomic mass is 79.9.